The number of hydrogen-bond donors (Lipinski definition) is 5. The second-order valence-electron chi connectivity index (χ2n) is 12.7. The largest absolute Gasteiger partial charge is 0.508 e. The third kappa shape index (κ3) is 7.68. The minimum atomic E-state index is -4.06. The number of hydrazine groups is 1. The van der Waals surface area contributed by atoms with Crippen molar-refractivity contribution in [3.8, 4) is 11.5 Å². The van der Waals surface area contributed by atoms with Gasteiger partial charge in [-0.05, 0) is 93.0 Å². The van der Waals surface area contributed by atoms with Crippen molar-refractivity contribution in [3.63, 3.8) is 0 Å². The van der Waals surface area contributed by atoms with E-state index in [0.29, 0.717) is 58.3 Å². The SMILES string of the molecule is Cc1cc(OCCCc2c(C(=O)NS(=O)(=O)C3CCN(C(=O)C4CC(c5ccccc5O)NN4)CC3)[nH]c3cc(Cl)ccc23)cc(C)c1Cl. The first-order valence-corrected chi connectivity index (χ1v) is 18.5. The fraction of sp³-hybridized carbons (Fsp3) is 0.371. The predicted octanol–water partition coefficient (Wildman–Crippen LogP) is 5.47. The Bertz CT molecular complexity index is 1970. The number of hydrogen-bond acceptors (Lipinski definition) is 8. The molecule has 4 aromatic rings. The highest BCUT2D eigenvalue weighted by atomic mass is 35.5. The maximum absolute atomic E-state index is 13.6. The summed E-state index contributed by atoms with van der Waals surface area (Å²) >= 11 is 12.5. The van der Waals surface area contributed by atoms with Crippen molar-refractivity contribution in [3.05, 3.63) is 92.6 Å². The van der Waals surface area contributed by atoms with Crippen molar-refractivity contribution in [2.45, 2.75) is 63.3 Å². The molecule has 0 saturated carbocycles. The number of sulfonamides is 1. The van der Waals surface area contributed by atoms with Crippen LogP contribution in [0.2, 0.25) is 10.0 Å². The second kappa shape index (κ2) is 14.6. The minimum absolute atomic E-state index is 0.142. The van der Waals surface area contributed by atoms with Crippen molar-refractivity contribution in [1.82, 2.24) is 25.5 Å². The first-order chi connectivity index (χ1) is 23.4. The topological polar surface area (TPSA) is 153 Å². The molecular formula is C35H39Cl2N5O6S. The number of piperidine rings is 1. The number of fused-ring (bicyclic) bond motifs is 1. The zero-order chi connectivity index (χ0) is 34.9. The van der Waals surface area contributed by atoms with Gasteiger partial charge in [0.15, 0.2) is 0 Å². The number of phenolic OH excluding ortho intramolecular Hbond substituents is 1. The Morgan fingerprint density at radius 3 is 2.45 bits per heavy atom. The van der Waals surface area contributed by atoms with Crippen LogP contribution in [0.15, 0.2) is 54.6 Å². The molecule has 2 amide bonds. The molecule has 0 bridgehead atoms. The van der Waals surface area contributed by atoms with Gasteiger partial charge in [-0.1, -0.05) is 47.5 Å². The molecule has 0 spiro atoms. The van der Waals surface area contributed by atoms with Crippen molar-refractivity contribution >= 4 is 55.9 Å². The number of benzene rings is 3. The summed E-state index contributed by atoms with van der Waals surface area (Å²) in [5.41, 5.74) is 10.1. The summed E-state index contributed by atoms with van der Waals surface area (Å²) in [7, 11) is -4.06. The van der Waals surface area contributed by atoms with E-state index < -0.39 is 27.2 Å². The Hall–Kier alpha value is -3.81. The molecule has 2 atom stereocenters. The van der Waals surface area contributed by atoms with E-state index in [1.54, 1.807) is 35.2 Å². The van der Waals surface area contributed by atoms with E-state index in [-0.39, 0.29) is 49.3 Å². The highest BCUT2D eigenvalue weighted by Crippen LogP contribution is 2.31. The zero-order valence-electron chi connectivity index (χ0n) is 27.2. The zero-order valence-corrected chi connectivity index (χ0v) is 29.5. The monoisotopic (exact) mass is 727 g/mol. The normalized spacial score (nSPS) is 18.6. The molecule has 0 radical (unpaired) electrons. The molecule has 3 aromatic carbocycles. The fourth-order valence-corrected chi connectivity index (χ4v) is 8.32. The number of rotatable bonds is 10. The van der Waals surface area contributed by atoms with Crippen LogP contribution in [0.4, 0.5) is 0 Å². The van der Waals surface area contributed by atoms with E-state index in [0.717, 1.165) is 16.5 Å². The van der Waals surface area contributed by atoms with Crippen LogP contribution >= 0.6 is 23.2 Å². The van der Waals surface area contributed by atoms with Crippen LogP contribution in [-0.4, -0.2) is 66.2 Å². The van der Waals surface area contributed by atoms with E-state index in [9.17, 15) is 23.1 Å². The highest BCUT2D eigenvalue weighted by Gasteiger charge is 2.38. The molecule has 2 saturated heterocycles. The molecular weight excluding hydrogens is 689 g/mol. The summed E-state index contributed by atoms with van der Waals surface area (Å²) in [6.07, 6.45) is 1.83. The van der Waals surface area contributed by atoms with Gasteiger partial charge in [0.05, 0.1) is 17.9 Å². The van der Waals surface area contributed by atoms with Gasteiger partial charge in [0, 0.05) is 39.6 Å². The average Bonchev–Trinajstić information content (AvgIpc) is 3.70. The average molecular weight is 729 g/mol. The summed E-state index contributed by atoms with van der Waals surface area (Å²) in [5.74, 6) is -0.0338. The van der Waals surface area contributed by atoms with Gasteiger partial charge in [-0.25, -0.2) is 24.0 Å². The Morgan fingerprint density at radius 2 is 1.73 bits per heavy atom. The number of nitrogens with one attached hydrogen (secondary N) is 4. The summed E-state index contributed by atoms with van der Waals surface area (Å²) in [6.45, 7) is 4.68. The lowest BCUT2D eigenvalue weighted by Crippen LogP contribution is -2.51. The Labute approximate surface area is 295 Å². The predicted molar refractivity (Wildman–Crippen MR) is 190 cm³/mol. The maximum atomic E-state index is 13.6. The third-order valence-electron chi connectivity index (χ3n) is 9.29. The van der Waals surface area contributed by atoms with E-state index in [1.807, 2.05) is 38.1 Å². The van der Waals surface area contributed by atoms with Gasteiger partial charge < -0.3 is 19.7 Å². The van der Waals surface area contributed by atoms with E-state index in [1.165, 1.54) is 0 Å². The number of carbonyl (C=O) groups excluding carboxylic acids is 2. The van der Waals surface area contributed by atoms with Crippen LogP contribution in [0, 0.1) is 13.8 Å². The molecule has 2 unspecified atom stereocenters. The number of H-pyrrole nitrogens is 1. The summed E-state index contributed by atoms with van der Waals surface area (Å²) in [6, 6.07) is 15.2. The molecule has 49 heavy (non-hydrogen) atoms. The molecule has 2 fully saturated rings. The molecule has 2 aliphatic rings. The number of halogens is 2. The standard InChI is InChI=1S/C35H39Cl2N5O6S/c1-20-16-23(17-21(2)32(20)37)48-15-5-7-26-25-10-9-22(36)18-28(25)38-33(26)34(44)41-49(46,47)24-11-13-42(14-12-24)35(45)30-19-29(39-40-30)27-6-3-4-8-31(27)43/h3-4,6,8-10,16-18,24,29-30,38-40,43H,5,7,11-15,19H2,1-2H3,(H,41,44). The van der Waals surface area contributed by atoms with Crippen molar-refractivity contribution in [1.29, 1.82) is 0 Å². The minimum Gasteiger partial charge on any atom is -0.508 e. The molecule has 6 rings (SSSR count). The lowest BCUT2D eigenvalue weighted by molar-refractivity contribution is -0.134. The number of carbonyl (C=O) groups is 2. The number of amides is 2. The molecule has 1 aromatic heterocycles. The van der Waals surface area contributed by atoms with Crippen molar-refractivity contribution in [2.24, 2.45) is 0 Å². The number of aryl methyl sites for hydroxylation is 3. The summed E-state index contributed by atoms with van der Waals surface area (Å²) < 4.78 is 35.2. The maximum Gasteiger partial charge on any atom is 0.281 e. The van der Waals surface area contributed by atoms with Crippen molar-refractivity contribution in [2.75, 3.05) is 19.7 Å². The fourth-order valence-electron chi connectivity index (χ4n) is 6.68. The Balaban J connectivity index is 1.07. The van der Waals surface area contributed by atoms with Crippen LogP contribution in [0.25, 0.3) is 10.9 Å². The van der Waals surface area contributed by atoms with Crippen LogP contribution in [0.1, 0.15) is 64.5 Å². The number of aromatic nitrogens is 1. The smallest absolute Gasteiger partial charge is 0.281 e. The molecule has 3 heterocycles. The number of phenols is 1. The lowest BCUT2D eigenvalue weighted by Gasteiger charge is -2.33. The van der Waals surface area contributed by atoms with Crippen LogP contribution < -0.4 is 20.3 Å². The molecule has 0 aliphatic carbocycles. The van der Waals surface area contributed by atoms with Gasteiger partial charge in [0.2, 0.25) is 15.9 Å². The first-order valence-electron chi connectivity index (χ1n) is 16.2. The number of para-hydroxylation sites is 1. The number of aromatic amines is 1. The van der Waals surface area contributed by atoms with Gasteiger partial charge in [-0.15, -0.1) is 0 Å². The van der Waals surface area contributed by atoms with Gasteiger partial charge in [0.1, 0.15) is 23.2 Å². The van der Waals surface area contributed by atoms with E-state index in [4.69, 9.17) is 27.9 Å². The number of nitrogens with zero attached hydrogens (tertiary/aromatic N) is 1. The lowest BCUT2D eigenvalue weighted by atomic mass is 10.00. The molecule has 5 N–H and O–H groups in total. The van der Waals surface area contributed by atoms with Gasteiger partial charge in [-0.3, -0.25) is 9.59 Å². The molecule has 11 nitrogen and oxygen atoms in total. The second-order valence-corrected chi connectivity index (χ2v) is 15.5. The number of ether oxygens (including phenoxy) is 1. The number of likely N-dealkylation sites (tertiary alicyclic amines) is 1. The van der Waals surface area contributed by atoms with Crippen LogP contribution in [0.3, 0.4) is 0 Å². The highest BCUT2D eigenvalue weighted by molar-refractivity contribution is 7.90. The third-order valence-corrected chi connectivity index (χ3v) is 11.9. The van der Waals surface area contributed by atoms with Gasteiger partial charge >= 0.3 is 0 Å². The summed E-state index contributed by atoms with van der Waals surface area (Å²) in [5, 5.41) is 11.3. The van der Waals surface area contributed by atoms with Crippen molar-refractivity contribution < 1.29 is 27.9 Å². The van der Waals surface area contributed by atoms with Gasteiger partial charge in [0.25, 0.3) is 5.91 Å². The molecule has 2 aliphatic heterocycles. The Kier molecular flexibility index (Phi) is 10.4. The van der Waals surface area contributed by atoms with E-state index in [2.05, 4.69) is 20.6 Å². The molecule has 14 heteroatoms. The molecule has 260 valence electrons. The quantitative estimate of drug-likeness (QED) is 0.135. The van der Waals surface area contributed by atoms with Crippen LogP contribution in [-0.2, 0) is 21.2 Å². The van der Waals surface area contributed by atoms with Gasteiger partial charge in [-0.2, -0.15) is 0 Å². The van der Waals surface area contributed by atoms with Crippen LogP contribution in [0.5, 0.6) is 11.5 Å². The summed E-state index contributed by atoms with van der Waals surface area (Å²) in [4.78, 5) is 31.6. The Morgan fingerprint density at radius 1 is 1.02 bits per heavy atom. The number of aromatic hydroxyl groups is 1. The first kappa shape index (κ1) is 35.0. The van der Waals surface area contributed by atoms with E-state index >= 15 is 0 Å².